The van der Waals surface area contributed by atoms with E-state index in [0.717, 1.165) is 0 Å². The SMILES string of the molecule is COC(=O)C[C@]1(C)O[C@H](C(C)=O)C[C@H]1C. The molecule has 86 valence electrons. The molecular weight excluding hydrogens is 196 g/mol. The van der Waals surface area contributed by atoms with Gasteiger partial charge in [0.1, 0.15) is 6.10 Å². The molecule has 0 aromatic carbocycles. The largest absolute Gasteiger partial charge is 0.469 e. The summed E-state index contributed by atoms with van der Waals surface area (Å²) >= 11 is 0. The van der Waals surface area contributed by atoms with E-state index in [9.17, 15) is 9.59 Å². The Hall–Kier alpha value is -0.900. The van der Waals surface area contributed by atoms with Gasteiger partial charge in [-0.25, -0.2) is 0 Å². The summed E-state index contributed by atoms with van der Waals surface area (Å²) in [6.45, 7) is 5.37. The molecule has 1 heterocycles. The van der Waals surface area contributed by atoms with Crippen LogP contribution >= 0.6 is 0 Å². The lowest BCUT2D eigenvalue weighted by molar-refractivity contribution is -0.151. The number of Topliss-reactive ketones (excluding diaryl/α,β-unsaturated/α-hetero) is 1. The van der Waals surface area contributed by atoms with Crippen molar-refractivity contribution in [2.75, 3.05) is 7.11 Å². The third kappa shape index (κ3) is 2.56. The van der Waals surface area contributed by atoms with E-state index >= 15 is 0 Å². The molecule has 0 radical (unpaired) electrons. The number of rotatable bonds is 3. The van der Waals surface area contributed by atoms with Gasteiger partial charge in [-0.05, 0) is 26.2 Å². The van der Waals surface area contributed by atoms with Crippen LogP contribution < -0.4 is 0 Å². The van der Waals surface area contributed by atoms with E-state index in [0.29, 0.717) is 6.42 Å². The van der Waals surface area contributed by atoms with Crippen molar-refractivity contribution in [1.82, 2.24) is 0 Å². The Labute approximate surface area is 89.9 Å². The van der Waals surface area contributed by atoms with Crippen molar-refractivity contribution in [3.8, 4) is 0 Å². The first kappa shape index (κ1) is 12.2. The molecule has 0 aliphatic carbocycles. The highest BCUT2D eigenvalue weighted by atomic mass is 16.5. The third-order valence-electron chi connectivity index (χ3n) is 3.20. The number of carbonyl (C=O) groups excluding carboxylic acids is 2. The average molecular weight is 214 g/mol. The van der Waals surface area contributed by atoms with Gasteiger partial charge in [-0.15, -0.1) is 0 Å². The maximum atomic E-state index is 11.2. The summed E-state index contributed by atoms with van der Waals surface area (Å²) in [5, 5.41) is 0. The van der Waals surface area contributed by atoms with E-state index in [1.807, 2.05) is 13.8 Å². The first-order valence-electron chi connectivity index (χ1n) is 5.14. The summed E-state index contributed by atoms with van der Waals surface area (Å²) in [6.07, 6.45) is 0.520. The summed E-state index contributed by atoms with van der Waals surface area (Å²) in [5.41, 5.74) is -0.566. The fourth-order valence-corrected chi connectivity index (χ4v) is 1.88. The normalized spacial score (nSPS) is 35.2. The van der Waals surface area contributed by atoms with Crippen molar-refractivity contribution in [3.63, 3.8) is 0 Å². The van der Waals surface area contributed by atoms with E-state index < -0.39 is 5.60 Å². The molecule has 0 spiro atoms. The fraction of sp³-hybridized carbons (Fsp3) is 0.818. The Bertz CT molecular complexity index is 274. The van der Waals surface area contributed by atoms with Crippen molar-refractivity contribution >= 4 is 11.8 Å². The summed E-state index contributed by atoms with van der Waals surface area (Å²) in [7, 11) is 1.35. The maximum absolute atomic E-state index is 11.2. The Balaban J connectivity index is 2.69. The molecule has 0 aromatic rings. The highest BCUT2D eigenvalue weighted by molar-refractivity contribution is 5.81. The Morgan fingerprint density at radius 3 is 2.53 bits per heavy atom. The molecule has 0 amide bonds. The lowest BCUT2D eigenvalue weighted by Crippen LogP contribution is -2.34. The Morgan fingerprint density at radius 2 is 2.13 bits per heavy atom. The van der Waals surface area contributed by atoms with Crippen LogP contribution in [0.4, 0.5) is 0 Å². The van der Waals surface area contributed by atoms with Crippen LogP contribution in [0.15, 0.2) is 0 Å². The standard InChI is InChI=1S/C11H18O4/c1-7-5-9(8(2)12)15-11(7,3)6-10(13)14-4/h7,9H,5-6H2,1-4H3/t7-,9+,11+/m1/s1. The first-order valence-corrected chi connectivity index (χ1v) is 5.14. The predicted molar refractivity (Wildman–Crippen MR) is 54.4 cm³/mol. The van der Waals surface area contributed by atoms with Crippen LogP contribution in [-0.4, -0.2) is 30.6 Å². The van der Waals surface area contributed by atoms with Gasteiger partial charge in [0.2, 0.25) is 0 Å². The number of methoxy groups -OCH3 is 1. The van der Waals surface area contributed by atoms with Crippen molar-refractivity contribution in [3.05, 3.63) is 0 Å². The molecule has 0 aromatic heterocycles. The summed E-state index contributed by atoms with van der Waals surface area (Å²) in [6, 6.07) is 0. The molecule has 1 fully saturated rings. The van der Waals surface area contributed by atoms with Crippen LogP contribution in [0.25, 0.3) is 0 Å². The van der Waals surface area contributed by atoms with Gasteiger partial charge in [0.05, 0.1) is 19.1 Å². The van der Waals surface area contributed by atoms with E-state index in [4.69, 9.17) is 4.74 Å². The maximum Gasteiger partial charge on any atom is 0.308 e. The smallest absolute Gasteiger partial charge is 0.308 e. The quantitative estimate of drug-likeness (QED) is 0.665. The van der Waals surface area contributed by atoms with Gasteiger partial charge in [-0.3, -0.25) is 9.59 Å². The van der Waals surface area contributed by atoms with E-state index in [-0.39, 0.29) is 30.2 Å². The molecule has 1 rings (SSSR count). The second kappa shape index (κ2) is 4.31. The third-order valence-corrected chi connectivity index (χ3v) is 3.20. The van der Waals surface area contributed by atoms with E-state index in [1.165, 1.54) is 14.0 Å². The molecule has 0 unspecified atom stereocenters. The highest BCUT2D eigenvalue weighted by Crippen LogP contribution is 2.38. The molecular formula is C11H18O4. The zero-order chi connectivity index (χ0) is 11.6. The van der Waals surface area contributed by atoms with Crippen LogP contribution in [0.5, 0.6) is 0 Å². The lowest BCUT2D eigenvalue weighted by atomic mass is 9.87. The molecule has 1 aliphatic rings. The van der Waals surface area contributed by atoms with Crippen molar-refractivity contribution in [2.45, 2.75) is 45.3 Å². The van der Waals surface area contributed by atoms with Crippen molar-refractivity contribution in [2.24, 2.45) is 5.92 Å². The number of hydrogen-bond donors (Lipinski definition) is 0. The molecule has 4 heteroatoms. The van der Waals surface area contributed by atoms with Crippen molar-refractivity contribution < 1.29 is 19.1 Å². The minimum atomic E-state index is -0.566. The van der Waals surface area contributed by atoms with Gasteiger partial charge >= 0.3 is 5.97 Å². The molecule has 0 N–H and O–H groups in total. The summed E-state index contributed by atoms with van der Waals surface area (Å²) in [5.74, 6) is -0.0884. The second-order valence-corrected chi connectivity index (χ2v) is 4.42. The van der Waals surface area contributed by atoms with Gasteiger partial charge < -0.3 is 9.47 Å². The van der Waals surface area contributed by atoms with E-state index in [2.05, 4.69) is 4.74 Å². The van der Waals surface area contributed by atoms with Gasteiger partial charge in [0, 0.05) is 0 Å². The summed E-state index contributed by atoms with van der Waals surface area (Å²) in [4.78, 5) is 22.4. The zero-order valence-corrected chi connectivity index (χ0v) is 9.70. The van der Waals surface area contributed by atoms with Crippen LogP contribution in [-0.2, 0) is 19.1 Å². The molecule has 1 aliphatic heterocycles. The molecule has 0 bridgehead atoms. The van der Waals surface area contributed by atoms with Gasteiger partial charge in [-0.2, -0.15) is 0 Å². The number of hydrogen-bond acceptors (Lipinski definition) is 4. The van der Waals surface area contributed by atoms with E-state index in [1.54, 1.807) is 0 Å². The summed E-state index contributed by atoms with van der Waals surface area (Å²) < 4.78 is 10.3. The number of ketones is 1. The zero-order valence-electron chi connectivity index (χ0n) is 9.70. The first-order chi connectivity index (χ1) is 6.89. The van der Waals surface area contributed by atoms with Crippen LogP contribution in [0.1, 0.15) is 33.6 Å². The second-order valence-electron chi connectivity index (χ2n) is 4.42. The molecule has 0 saturated carbocycles. The molecule has 15 heavy (non-hydrogen) atoms. The van der Waals surface area contributed by atoms with Crippen LogP contribution in [0.2, 0.25) is 0 Å². The van der Waals surface area contributed by atoms with Crippen LogP contribution in [0, 0.1) is 5.92 Å². The lowest BCUT2D eigenvalue weighted by Gasteiger charge is -2.27. The Kier molecular flexibility index (Phi) is 3.50. The predicted octanol–water partition coefficient (Wildman–Crippen LogP) is 1.32. The minimum absolute atomic E-state index is 0.0236. The number of esters is 1. The number of ether oxygens (including phenoxy) is 2. The van der Waals surface area contributed by atoms with Gasteiger partial charge in [0.25, 0.3) is 0 Å². The topological polar surface area (TPSA) is 52.6 Å². The molecule has 3 atom stereocenters. The monoisotopic (exact) mass is 214 g/mol. The average Bonchev–Trinajstić information content (AvgIpc) is 2.43. The highest BCUT2D eigenvalue weighted by Gasteiger charge is 2.45. The minimum Gasteiger partial charge on any atom is -0.469 e. The van der Waals surface area contributed by atoms with Gasteiger partial charge in [0.15, 0.2) is 5.78 Å². The van der Waals surface area contributed by atoms with Crippen molar-refractivity contribution in [1.29, 1.82) is 0 Å². The molecule has 4 nitrogen and oxygen atoms in total. The fourth-order valence-electron chi connectivity index (χ4n) is 1.88. The molecule has 1 saturated heterocycles. The van der Waals surface area contributed by atoms with Crippen LogP contribution in [0.3, 0.4) is 0 Å². The van der Waals surface area contributed by atoms with Gasteiger partial charge in [-0.1, -0.05) is 6.92 Å². The number of carbonyl (C=O) groups is 2. The Morgan fingerprint density at radius 1 is 1.53 bits per heavy atom.